The first kappa shape index (κ1) is 13.1. The molecule has 0 aromatic carbocycles. The minimum Gasteiger partial charge on any atom is -0.298 e. The van der Waals surface area contributed by atoms with Gasteiger partial charge in [-0.25, -0.2) is 9.97 Å². The molecule has 8 nitrogen and oxygen atoms in total. The predicted octanol–water partition coefficient (Wildman–Crippen LogP) is -0.00588. The van der Waals surface area contributed by atoms with Crippen molar-refractivity contribution in [1.29, 1.82) is 0 Å². The van der Waals surface area contributed by atoms with Gasteiger partial charge in [0.15, 0.2) is 5.16 Å². The van der Waals surface area contributed by atoms with Crippen LogP contribution in [0.4, 0.5) is 5.95 Å². The molecule has 0 aliphatic carbocycles. The molecule has 2 aromatic rings. The first-order valence-electron chi connectivity index (χ1n) is 5.28. The number of rotatable bonds is 4. The Balaban J connectivity index is 1.90. The zero-order chi connectivity index (χ0) is 13.7. The van der Waals surface area contributed by atoms with Gasteiger partial charge in [-0.1, -0.05) is 11.8 Å². The molecule has 0 fully saturated rings. The number of amides is 1. The Morgan fingerprint density at radius 3 is 2.79 bits per heavy atom. The van der Waals surface area contributed by atoms with Crippen LogP contribution in [0.25, 0.3) is 0 Å². The van der Waals surface area contributed by atoms with E-state index in [1.54, 1.807) is 13.0 Å². The van der Waals surface area contributed by atoms with E-state index in [9.17, 15) is 9.59 Å². The maximum absolute atomic E-state index is 11.6. The highest BCUT2D eigenvalue weighted by atomic mass is 32.2. The van der Waals surface area contributed by atoms with Gasteiger partial charge < -0.3 is 0 Å². The number of aromatic nitrogens is 5. The van der Waals surface area contributed by atoms with Gasteiger partial charge in [0.25, 0.3) is 5.56 Å². The number of carbonyl (C=O) groups is 1. The third-order valence-electron chi connectivity index (χ3n) is 2.00. The predicted molar refractivity (Wildman–Crippen MR) is 68.8 cm³/mol. The van der Waals surface area contributed by atoms with Crippen molar-refractivity contribution in [2.75, 3.05) is 11.1 Å². The molecule has 0 aliphatic heterocycles. The summed E-state index contributed by atoms with van der Waals surface area (Å²) in [6, 6.07) is 1.65. The lowest BCUT2D eigenvalue weighted by Gasteiger charge is -2.02. The van der Waals surface area contributed by atoms with Crippen LogP contribution in [0.3, 0.4) is 0 Å². The monoisotopic (exact) mass is 278 g/mol. The van der Waals surface area contributed by atoms with Gasteiger partial charge >= 0.3 is 0 Å². The molecule has 0 radical (unpaired) electrons. The number of H-pyrrole nitrogens is 1. The number of aromatic amines is 1. The summed E-state index contributed by atoms with van der Waals surface area (Å²) in [5.41, 5.74) is -0.0317. The van der Waals surface area contributed by atoms with Crippen LogP contribution in [0.2, 0.25) is 0 Å². The summed E-state index contributed by atoms with van der Waals surface area (Å²) in [4.78, 5) is 33.1. The second kappa shape index (κ2) is 6.05. The topological polar surface area (TPSA) is 114 Å². The highest BCUT2D eigenvalue weighted by Crippen LogP contribution is 2.09. The smallest absolute Gasteiger partial charge is 0.273 e. The summed E-state index contributed by atoms with van der Waals surface area (Å²) >= 11 is 1.07. The molecule has 0 spiro atoms. The third kappa shape index (κ3) is 3.85. The molecule has 2 rings (SSSR count). The van der Waals surface area contributed by atoms with Gasteiger partial charge in [0, 0.05) is 12.4 Å². The number of hydrogen-bond acceptors (Lipinski definition) is 7. The lowest BCUT2D eigenvalue weighted by atomic mass is 10.5. The zero-order valence-electron chi connectivity index (χ0n) is 9.95. The van der Waals surface area contributed by atoms with Crippen LogP contribution in [-0.2, 0) is 4.79 Å². The minimum absolute atomic E-state index is 0.0753. The first-order chi connectivity index (χ1) is 9.15. The molecular formula is C10H10N6O2S. The fraction of sp³-hybridized carbons (Fsp3) is 0.200. The summed E-state index contributed by atoms with van der Waals surface area (Å²) < 4.78 is 0. The molecule has 1 amide bonds. The molecule has 2 aromatic heterocycles. The highest BCUT2D eigenvalue weighted by molar-refractivity contribution is 7.99. The van der Waals surface area contributed by atoms with Crippen LogP contribution in [-0.4, -0.2) is 36.8 Å². The van der Waals surface area contributed by atoms with Gasteiger partial charge in [-0.3, -0.25) is 19.9 Å². The van der Waals surface area contributed by atoms with E-state index in [0.29, 0.717) is 5.16 Å². The van der Waals surface area contributed by atoms with Gasteiger partial charge in [0.2, 0.25) is 11.9 Å². The van der Waals surface area contributed by atoms with E-state index in [1.165, 1.54) is 12.4 Å². The number of anilines is 1. The number of nitrogens with zero attached hydrogens (tertiary/aromatic N) is 4. The van der Waals surface area contributed by atoms with Gasteiger partial charge in [-0.2, -0.15) is 0 Å². The average molecular weight is 278 g/mol. The van der Waals surface area contributed by atoms with E-state index in [2.05, 4.69) is 30.5 Å². The first-order valence-corrected chi connectivity index (χ1v) is 6.27. The van der Waals surface area contributed by atoms with E-state index in [1.807, 2.05) is 0 Å². The van der Waals surface area contributed by atoms with Crippen molar-refractivity contribution >= 4 is 23.6 Å². The second-order valence-electron chi connectivity index (χ2n) is 3.45. The number of nitrogens with one attached hydrogen (secondary N) is 2. The van der Waals surface area contributed by atoms with E-state index in [-0.39, 0.29) is 28.9 Å². The summed E-state index contributed by atoms with van der Waals surface area (Å²) in [5, 5.41) is 10.2. The third-order valence-corrected chi connectivity index (χ3v) is 2.86. The second-order valence-corrected chi connectivity index (χ2v) is 4.42. The molecule has 0 bridgehead atoms. The van der Waals surface area contributed by atoms with E-state index < -0.39 is 0 Å². The Labute approximate surface area is 112 Å². The van der Waals surface area contributed by atoms with Crippen molar-refractivity contribution in [2.24, 2.45) is 0 Å². The Hall–Kier alpha value is -2.29. The van der Waals surface area contributed by atoms with Crippen molar-refractivity contribution < 1.29 is 4.79 Å². The lowest BCUT2D eigenvalue weighted by molar-refractivity contribution is -0.113. The summed E-state index contributed by atoms with van der Waals surface area (Å²) in [6.45, 7) is 1.56. The summed E-state index contributed by atoms with van der Waals surface area (Å²) in [6.07, 6.45) is 3.05. The quantitative estimate of drug-likeness (QED) is 0.756. The van der Waals surface area contributed by atoms with Crippen molar-refractivity contribution in [3.8, 4) is 0 Å². The summed E-state index contributed by atoms with van der Waals surface area (Å²) in [7, 11) is 0. The standard InChI is InChI=1S/C10H10N6O2S/c1-6-8(18)14-10(16-15-6)19-5-7(17)13-9-11-3-2-4-12-9/h2-4H,5H2,1H3,(H,14,16,18)(H,11,12,13,17). The van der Waals surface area contributed by atoms with Crippen LogP contribution in [0.15, 0.2) is 28.4 Å². The molecule has 2 heterocycles. The van der Waals surface area contributed by atoms with Crippen LogP contribution in [0.1, 0.15) is 5.69 Å². The van der Waals surface area contributed by atoms with Crippen molar-refractivity contribution in [3.05, 3.63) is 34.5 Å². The van der Waals surface area contributed by atoms with Gasteiger partial charge in [0.1, 0.15) is 5.69 Å². The fourth-order valence-corrected chi connectivity index (χ4v) is 1.71. The average Bonchev–Trinajstić information content (AvgIpc) is 2.41. The maximum Gasteiger partial charge on any atom is 0.273 e. The number of carbonyl (C=O) groups excluding carboxylic acids is 1. The number of aryl methyl sites for hydroxylation is 1. The molecule has 0 aliphatic rings. The molecule has 9 heteroatoms. The van der Waals surface area contributed by atoms with Crippen LogP contribution in [0.5, 0.6) is 0 Å². The van der Waals surface area contributed by atoms with E-state index in [0.717, 1.165) is 11.8 Å². The van der Waals surface area contributed by atoms with Crippen LogP contribution < -0.4 is 10.9 Å². The van der Waals surface area contributed by atoms with Crippen molar-refractivity contribution in [1.82, 2.24) is 25.1 Å². The molecule has 2 N–H and O–H groups in total. The molecule has 0 saturated carbocycles. The lowest BCUT2D eigenvalue weighted by Crippen LogP contribution is -2.18. The van der Waals surface area contributed by atoms with Crippen molar-refractivity contribution in [2.45, 2.75) is 12.1 Å². The van der Waals surface area contributed by atoms with Gasteiger partial charge in [0.05, 0.1) is 5.75 Å². The Kier molecular flexibility index (Phi) is 4.18. The fourth-order valence-electron chi connectivity index (χ4n) is 1.10. The molecule has 0 saturated heterocycles. The summed E-state index contributed by atoms with van der Waals surface area (Å²) in [5.74, 6) is 0.0161. The highest BCUT2D eigenvalue weighted by Gasteiger charge is 2.07. The largest absolute Gasteiger partial charge is 0.298 e. The van der Waals surface area contributed by atoms with E-state index in [4.69, 9.17) is 0 Å². The molecule has 0 unspecified atom stereocenters. The van der Waals surface area contributed by atoms with Gasteiger partial charge in [-0.15, -0.1) is 10.2 Å². The van der Waals surface area contributed by atoms with Gasteiger partial charge in [-0.05, 0) is 13.0 Å². The SMILES string of the molecule is Cc1nnc(SCC(=O)Nc2ncccn2)[nH]c1=O. The molecule has 0 atom stereocenters. The van der Waals surface area contributed by atoms with E-state index >= 15 is 0 Å². The zero-order valence-corrected chi connectivity index (χ0v) is 10.8. The Morgan fingerprint density at radius 1 is 1.37 bits per heavy atom. The number of hydrogen-bond donors (Lipinski definition) is 2. The van der Waals surface area contributed by atoms with Crippen molar-refractivity contribution in [3.63, 3.8) is 0 Å². The molecule has 98 valence electrons. The van der Waals surface area contributed by atoms with Crippen LogP contribution >= 0.6 is 11.8 Å². The maximum atomic E-state index is 11.6. The van der Waals surface area contributed by atoms with Crippen LogP contribution in [0, 0.1) is 6.92 Å². The molecule has 19 heavy (non-hydrogen) atoms. The molecular weight excluding hydrogens is 268 g/mol. The normalized spacial score (nSPS) is 10.2. The Bertz CT molecular complexity index is 629. The minimum atomic E-state index is -0.315. The number of thioether (sulfide) groups is 1. The Morgan fingerprint density at radius 2 is 2.11 bits per heavy atom.